The highest BCUT2D eigenvalue weighted by atomic mass is 32.4. The fourth-order valence-electron chi connectivity index (χ4n) is 4.75. The van der Waals surface area contributed by atoms with Crippen molar-refractivity contribution >= 4 is 53.3 Å². The second-order valence-corrected chi connectivity index (χ2v) is 12.0. The normalized spacial score (nSPS) is 25.2. The van der Waals surface area contributed by atoms with Gasteiger partial charge in [0.2, 0.25) is 5.78 Å². The summed E-state index contributed by atoms with van der Waals surface area (Å²) in [5.74, 6) is 0.332. The maximum Gasteiger partial charge on any atom is 0.287 e. The Labute approximate surface area is 225 Å². The van der Waals surface area contributed by atoms with Gasteiger partial charge in [-0.1, -0.05) is 42.5 Å². The van der Waals surface area contributed by atoms with Gasteiger partial charge in [0.05, 0.1) is 12.3 Å². The number of H-pyrrole nitrogens is 1. The molecular formula is C24H21N6O5PS2. The van der Waals surface area contributed by atoms with Gasteiger partial charge in [-0.25, -0.2) is 9.38 Å². The van der Waals surface area contributed by atoms with Crippen molar-refractivity contribution in [3.8, 4) is 11.3 Å². The average Bonchev–Trinajstić information content (AvgIpc) is 3.60. The van der Waals surface area contributed by atoms with E-state index in [1.165, 1.54) is 16.2 Å². The van der Waals surface area contributed by atoms with Gasteiger partial charge in [-0.05, 0) is 41.3 Å². The first-order valence-electron chi connectivity index (χ1n) is 11.8. The molecule has 2 aliphatic heterocycles. The van der Waals surface area contributed by atoms with Crippen LogP contribution in [0.1, 0.15) is 6.23 Å². The number of ether oxygens (including phenoxy) is 1. The lowest BCUT2D eigenvalue weighted by molar-refractivity contribution is -0.0556. The zero-order valence-corrected chi connectivity index (χ0v) is 22.2. The molecule has 3 unspecified atom stereocenters. The van der Waals surface area contributed by atoms with E-state index in [0.717, 1.165) is 16.2 Å². The molecule has 4 N–H and O–H groups in total. The molecule has 14 heteroatoms. The standard InChI is InChI=1S/C24H21N6O5PS2/c25-13-8-4-5-9-16(13)38-24-27-17-20(30(24)22-18(31)19-15(34-22)11-33-36(37)35-19)28-23-26-14(10-29(23)21(17)32)12-6-2-1-3-7-12/h1-10,15,18-19,22,31,36H,11,25H2,(H,26,28)/t15?,18?,19-,22-/m1/s1. The number of nitrogens with two attached hydrogens (primary N) is 1. The minimum Gasteiger partial charge on any atom is -0.398 e. The molecule has 3 aromatic heterocycles. The Morgan fingerprint density at radius 1 is 1.16 bits per heavy atom. The van der Waals surface area contributed by atoms with Gasteiger partial charge in [0, 0.05) is 16.8 Å². The number of para-hydroxylation sites is 1. The molecule has 0 radical (unpaired) electrons. The van der Waals surface area contributed by atoms with Crippen molar-refractivity contribution in [2.75, 3.05) is 12.3 Å². The van der Waals surface area contributed by atoms with Crippen LogP contribution in [0.5, 0.6) is 0 Å². The summed E-state index contributed by atoms with van der Waals surface area (Å²) in [6, 6.07) is 17.0. The first-order valence-corrected chi connectivity index (χ1v) is 15.0. The van der Waals surface area contributed by atoms with Gasteiger partial charge in [-0.15, -0.1) is 0 Å². The number of nitrogens with zero attached hydrogens (tertiary/aromatic N) is 4. The van der Waals surface area contributed by atoms with Crippen LogP contribution in [-0.2, 0) is 25.6 Å². The molecule has 5 atom stereocenters. The molecule has 0 bridgehead atoms. The molecule has 2 fully saturated rings. The van der Waals surface area contributed by atoms with E-state index in [1.807, 2.05) is 48.5 Å². The van der Waals surface area contributed by atoms with Crippen molar-refractivity contribution in [3.05, 3.63) is 71.1 Å². The number of aliphatic hydroxyl groups is 1. The SMILES string of the molecule is Nc1ccccc1Sc1nc2c(=O)n3cc(-c4ccccc4)[nH]c3nc2n1[C@@H]1OC2CO[PH](=S)O[C@H]2C1O. The van der Waals surface area contributed by atoms with E-state index in [4.69, 9.17) is 36.3 Å². The molecular weight excluding hydrogens is 547 g/mol. The van der Waals surface area contributed by atoms with Crippen molar-refractivity contribution in [1.29, 1.82) is 0 Å². The zero-order chi connectivity index (χ0) is 26.0. The Morgan fingerprint density at radius 3 is 2.76 bits per heavy atom. The minimum absolute atomic E-state index is 0.133. The van der Waals surface area contributed by atoms with Gasteiger partial charge >= 0.3 is 0 Å². The Morgan fingerprint density at radius 2 is 1.95 bits per heavy atom. The van der Waals surface area contributed by atoms with Crippen LogP contribution in [0.3, 0.4) is 0 Å². The monoisotopic (exact) mass is 568 g/mol. The van der Waals surface area contributed by atoms with Crippen LogP contribution in [0, 0.1) is 0 Å². The second-order valence-electron chi connectivity index (χ2n) is 8.92. The van der Waals surface area contributed by atoms with Gasteiger partial charge in [0.1, 0.15) is 18.3 Å². The first-order chi connectivity index (χ1) is 18.5. The Balaban J connectivity index is 1.42. The van der Waals surface area contributed by atoms with Crippen LogP contribution >= 0.6 is 18.9 Å². The summed E-state index contributed by atoms with van der Waals surface area (Å²) in [5.41, 5.74) is 8.44. The van der Waals surface area contributed by atoms with Crippen LogP contribution in [0.25, 0.3) is 28.2 Å². The summed E-state index contributed by atoms with van der Waals surface area (Å²) in [6.45, 7) is 0.216. The van der Waals surface area contributed by atoms with E-state index >= 15 is 0 Å². The lowest BCUT2D eigenvalue weighted by Crippen LogP contribution is -2.37. The van der Waals surface area contributed by atoms with Gasteiger partial charge in [0.15, 0.2) is 29.7 Å². The molecule has 2 aliphatic rings. The fourth-order valence-corrected chi connectivity index (χ4v) is 7.13. The number of hydrogen-bond donors (Lipinski definition) is 3. The molecule has 5 heterocycles. The second kappa shape index (κ2) is 9.31. The summed E-state index contributed by atoms with van der Waals surface area (Å²) >= 11 is 6.47. The van der Waals surface area contributed by atoms with E-state index in [-0.39, 0.29) is 23.3 Å². The number of anilines is 1. The highest BCUT2D eigenvalue weighted by molar-refractivity contribution is 8.00. The number of aromatic nitrogens is 5. The topological polar surface area (TPSA) is 142 Å². The number of benzene rings is 2. The molecule has 2 aromatic carbocycles. The van der Waals surface area contributed by atoms with E-state index in [9.17, 15) is 9.90 Å². The number of hydrogen-bond acceptors (Lipinski definition) is 10. The Hall–Kier alpha value is -3.03. The maximum absolute atomic E-state index is 13.6. The Kier molecular flexibility index (Phi) is 5.89. The molecule has 194 valence electrons. The number of aliphatic hydroxyl groups excluding tert-OH is 1. The third kappa shape index (κ3) is 3.90. The highest BCUT2D eigenvalue weighted by Gasteiger charge is 2.49. The van der Waals surface area contributed by atoms with E-state index in [2.05, 4.69) is 9.97 Å². The van der Waals surface area contributed by atoms with Gasteiger partial charge < -0.3 is 29.6 Å². The third-order valence-electron chi connectivity index (χ3n) is 6.59. The summed E-state index contributed by atoms with van der Waals surface area (Å²) < 4.78 is 20.5. The number of imidazole rings is 2. The van der Waals surface area contributed by atoms with Gasteiger partial charge in [-0.2, -0.15) is 4.98 Å². The van der Waals surface area contributed by atoms with Crippen molar-refractivity contribution < 1.29 is 18.9 Å². The molecule has 0 spiro atoms. The largest absolute Gasteiger partial charge is 0.398 e. The summed E-state index contributed by atoms with van der Waals surface area (Å²) in [5, 5.41) is 11.7. The summed E-state index contributed by atoms with van der Waals surface area (Å²) in [7, 11) is -1.91. The van der Waals surface area contributed by atoms with Crippen LogP contribution in [0.2, 0.25) is 0 Å². The molecule has 2 saturated heterocycles. The van der Waals surface area contributed by atoms with Crippen molar-refractivity contribution in [2.45, 2.75) is 34.6 Å². The number of aromatic amines is 1. The molecule has 0 amide bonds. The lowest BCUT2D eigenvalue weighted by atomic mass is 10.1. The molecule has 0 aliphatic carbocycles. The van der Waals surface area contributed by atoms with E-state index in [1.54, 1.807) is 16.8 Å². The predicted octanol–water partition coefficient (Wildman–Crippen LogP) is 2.95. The Bertz CT molecular complexity index is 1770. The first kappa shape index (κ1) is 24.0. The third-order valence-corrected chi connectivity index (χ3v) is 9.16. The van der Waals surface area contributed by atoms with Crippen molar-refractivity contribution in [3.63, 3.8) is 0 Å². The molecule has 5 aromatic rings. The van der Waals surface area contributed by atoms with E-state index in [0.29, 0.717) is 16.6 Å². The maximum atomic E-state index is 13.6. The quantitative estimate of drug-likeness (QED) is 0.219. The van der Waals surface area contributed by atoms with Crippen LogP contribution in [-0.4, -0.2) is 53.9 Å². The molecule has 38 heavy (non-hydrogen) atoms. The van der Waals surface area contributed by atoms with Crippen LogP contribution < -0.4 is 11.3 Å². The number of nitrogen functional groups attached to an aromatic ring is 1. The number of fused-ring (bicyclic) bond motifs is 3. The highest BCUT2D eigenvalue weighted by Crippen LogP contribution is 2.45. The summed E-state index contributed by atoms with van der Waals surface area (Å²) in [6.07, 6.45) is -1.50. The van der Waals surface area contributed by atoms with E-state index < -0.39 is 31.7 Å². The van der Waals surface area contributed by atoms with Crippen LogP contribution in [0.4, 0.5) is 5.69 Å². The summed E-state index contributed by atoms with van der Waals surface area (Å²) in [4.78, 5) is 27.0. The molecule has 11 nitrogen and oxygen atoms in total. The minimum atomic E-state index is -1.91. The van der Waals surface area contributed by atoms with Crippen molar-refractivity contribution in [1.82, 2.24) is 23.9 Å². The smallest absolute Gasteiger partial charge is 0.287 e. The van der Waals surface area contributed by atoms with Crippen LogP contribution in [0.15, 0.2) is 75.6 Å². The van der Waals surface area contributed by atoms with Gasteiger partial charge in [0.25, 0.3) is 5.56 Å². The lowest BCUT2D eigenvalue weighted by Gasteiger charge is -2.26. The van der Waals surface area contributed by atoms with Crippen molar-refractivity contribution in [2.24, 2.45) is 0 Å². The fraction of sp³-hybridized carbons (Fsp3) is 0.208. The number of nitrogens with one attached hydrogen (secondary N) is 1. The molecule has 0 saturated carbocycles. The zero-order valence-electron chi connectivity index (χ0n) is 19.6. The predicted molar refractivity (Wildman–Crippen MR) is 146 cm³/mol. The average molecular weight is 569 g/mol. The number of rotatable bonds is 4. The van der Waals surface area contributed by atoms with Gasteiger partial charge in [-0.3, -0.25) is 9.36 Å². The molecule has 7 rings (SSSR count).